The van der Waals surface area contributed by atoms with Crippen molar-refractivity contribution in [2.75, 3.05) is 27.3 Å². The number of alkyl halides is 2. The van der Waals surface area contributed by atoms with Gasteiger partial charge in [0.05, 0.1) is 26.3 Å². The van der Waals surface area contributed by atoms with E-state index < -0.39 is 41.6 Å². The second kappa shape index (κ2) is 16.7. The topological polar surface area (TPSA) is 142 Å². The van der Waals surface area contributed by atoms with E-state index in [1.165, 1.54) is 14.2 Å². The summed E-state index contributed by atoms with van der Waals surface area (Å²) >= 11 is 0. The van der Waals surface area contributed by atoms with Crippen LogP contribution in [0.5, 0.6) is 0 Å². The number of rotatable bonds is 11. The van der Waals surface area contributed by atoms with E-state index in [0.29, 0.717) is 25.8 Å². The third-order valence-corrected chi connectivity index (χ3v) is 12.5. The molecule has 4 aliphatic heterocycles. The summed E-state index contributed by atoms with van der Waals surface area (Å²) in [4.78, 5) is 64.7. The number of methoxy groups -OCH3 is 2. The standard InChI is InChI=1S/C45H54F2N6O6/c1-26(2)38(50-42(56)58-5)40(54)52-17-7-8-36(52)34-18-32(21-48-34)30-13-9-28(10-14-30)29-11-15-31(16-12-29)33-19-35(49-22-33)37-20-44(23-45(46,47)24-44)25-53(37)41(55)39(27(3)4)51-43(57)59-6/h9-16,21-22,26-27,36-39H,7-8,17-20,23-25H2,1-6H3,(H,50,56)(H,51,57)/t36-,37-,38-,39-/m0/s1. The number of carbonyl (C=O) groups excluding carboxylic acids is 4. The first-order chi connectivity index (χ1) is 28.1. The Morgan fingerprint density at radius 3 is 1.58 bits per heavy atom. The fourth-order valence-electron chi connectivity index (χ4n) is 9.43. The van der Waals surface area contributed by atoms with E-state index >= 15 is 0 Å². The number of likely N-dealkylation sites (tertiary alicyclic amines) is 2. The highest BCUT2D eigenvalue weighted by Gasteiger charge is 2.62. The summed E-state index contributed by atoms with van der Waals surface area (Å²) in [5.41, 5.74) is 7.22. The Bertz CT molecular complexity index is 2080. The zero-order valence-corrected chi connectivity index (χ0v) is 34.6. The molecule has 2 saturated heterocycles. The first kappa shape index (κ1) is 41.7. The Kier molecular flexibility index (Phi) is 11.8. The molecule has 3 fully saturated rings. The fraction of sp³-hybridized carbons (Fsp3) is 0.511. The quantitative estimate of drug-likeness (QED) is 0.241. The van der Waals surface area contributed by atoms with Gasteiger partial charge in [-0.15, -0.1) is 0 Å². The molecular weight excluding hydrogens is 759 g/mol. The smallest absolute Gasteiger partial charge is 0.407 e. The van der Waals surface area contributed by atoms with Gasteiger partial charge in [-0.3, -0.25) is 19.6 Å². The molecule has 1 aliphatic carbocycles. The van der Waals surface area contributed by atoms with Gasteiger partial charge in [-0.25, -0.2) is 18.4 Å². The molecule has 14 heteroatoms. The van der Waals surface area contributed by atoms with Crippen LogP contribution < -0.4 is 10.6 Å². The van der Waals surface area contributed by atoms with Crippen molar-refractivity contribution < 1.29 is 37.4 Å². The molecule has 59 heavy (non-hydrogen) atoms. The minimum absolute atomic E-state index is 0.102. The Morgan fingerprint density at radius 1 is 0.695 bits per heavy atom. The van der Waals surface area contributed by atoms with Crippen LogP contribution in [0.4, 0.5) is 18.4 Å². The second-order valence-electron chi connectivity index (χ2n) is 17.4. The van der Waals surface area contributed by atoms with Gasteiger partial charge < -0.3 is 29.9 Å². The highest BCUT2D eigenvalue weighted by molar-refractivity contribution is 6.05. The number of amides is 4. The summed E-state index contributed by atoms with van der Waals surface area (Å²) in [6, 6.07) is 14.5. The highest BCUT2D eigenvalue weighted by atomic mass is 19.3. The van der Waals surface area contributed by atoms with Crippen LogP contribution in [0.15, 0.2) is 70.9 Å². The van der Waals surface area contributed by atoms with Gasteiger partial charge in [0.25, 0.3) is 0 Å². The molecule has 0 radical (unpaired) electrons. The van der Waals surface area contributed by atoms with Crippen LogP contribution in [0.25, 0.3) is 22.3 Å². The average molecular weight is 813 g/mol. The average Bonchev–Trinajstić information content (AvgIpc) is 4.04. The molecule has 0 bridgehead atoms. The van der Waals surface area contributed by atoms with Gasteiger partial charge in [-0.05, 0) is 64.5 Å². The Morgan fingerprint density at radius 2 is 1.14 bits per heavy atom. The van der Waals surface area contributed by atoms with Gasteiger partial charge >= 0.3 is 12.2 Å². The van der Waals surface area contributed by atoms with Gasteiger partial charge in [0, 0.05) is 68.0 Å². The molecule has 4 amide bonds. The minimum Gasteiger partial charge on any atom is -0.453 e. The van der Waals surface area contributed by atoms with Crippen molar-refractivity contribution in [3.8, 4) is 11.1 Å². The van der Waals surface area contributed by atoms with Crippen LogP contribution in [0.2, 0.25) is 0 Å². The summed E-state index contributed by atoms with van der Waals surface area (Å²) < 4.78 is 38.0. The van der Waals surface area contributed by atoms with Crippen molar-refractivity contribution >= 4 is 46.6 Å². The maximum Gasteiger partial charge on any atom is 0.407 e. The van der Waals surface area contributed by atoms with Crippen LogP contribution >= 0.6 is 0 Å². The number of aliphatic imine (C=N–C) groups is 2. The molecule has 7 rings (SSSR count). The number of halogens is 2. The number of nitrogens with one attached hydrogen (secondary N) is 2. The van der Waals surface area contributed by atoms with Crippen LogP contribution in [0.3, 0.4) is 0 Å². The molecule has 2 aromatic rings. The Labute approximate surface area is 344 Å². The van der Waals surface area contributed by atoms with Gasteiger partial charge in [0.15, 0.2) is 0 Å². The number of ether oxygens (including phenoxy) is 2. The Balaban J connectivity index is 0.972. The minimum atomic E-state index is -2.74. The Hall–Kier alpha value is -5.40. The lowest BCUT2D eigenvalue weighted by molar-refractivity contribution is -0.159. The maximum atomic E-state index is 14.2. The normalized spacial score (nSPS) is 22.7. The largest absolute Gasteiger partial charge is 0.453 e. The summed E-state index contributed by atoms with van der Waals surface area (Å²) in [7, 11) is 2.52. The molecule has 0 unspecified atom stereocenters. The maximum absolute atomic E-state index is 14.2. The number of nitrogens with zero attached hydrogens (tertiary/aromatic N) is 4. The first-order valence-corrected chi connectivity index (χ1v) is 20.5. The number of benzene rings is 2. The zero-order chi connectivity index (χ0) is 42.2. The zero-order valence-electron chi connectivity index (χ0n) is 34.6. The number of allylic oxidation sites excluding steroid dienone is 2. The molecule has 5 aliphatic rings. The summed E-state index contributed by atoms with van der Waals surface area (Å²) in [5, 5.41) is 5.35. The van der Waals surface area contributed by atoms with E-state index in [2.05, 4.69) is 47.0 Å². The first-order valence-electron chi connectivity index (χ1n) is 20.5. The van der Waals surface area contributed by atoms with Crippen molar-refractivity contribution in [3.05, 3.63) is 72.1 Å². The lowest BCUT2D eigenvalue weighted by atomic mass is 9.64. The molecule has 4 heterocycles. The monoisotopic (exact) mass is 812 g/mol. The number of hydrogen-bond donors (Lipinski definition) is 2. The van der Waals surface area contributed by atoms with Crippen LogP contribution in [-0.4, -0.2) is 103 Å². The van der Waals surface area contributed by atoms with E-state index in [4.69, 9.17) is 19.5 Å². The van der Waals surface area contributed by atoms with Gasteiger partial charge in [0.1, 0.15) is 12.1 Å². The van der Waals surface area contributed by atoms with Crippen LogP contribution in [0, 0.1) is 17.3 Å². The van der Waals surface area contributed by atoms with E-state index in [-0.39, 0.29) is 49.1 Å². The van der Waals surface area contributed by atoms with Crippen molar-refractivity contribution in [1.29, 1.82) is 0 Å². The summed E-state index contributed by atoms with van der Waals surface area (Å²) in [6.07, 6.45) is 5.05. The number of hydrogen-bond acceptors (Lipinski definition) is 8. The van der Waals surface area contributed by atoms with Gasteiger partial charge in [-0.1, -0.05) is 76.2 Å². The molecule has 2 aromatic carbocycles. The van der Waals surface area contributed by atoms with Gasteiger partial charge in [-0.2, -0.15) is 0 Å². The van der Waals surface area contributed by atoms with Crippen molar-refractivity contribution in [3.63, 3.8) is 0 Å². The van der Waals surface area contributed by atoms with Crippen molar-refractivity contribution in [2.45, 2.75) is 103 Å². The van der Waals surface area contributed by atoms with E-state index in [0.717, 1.165) is 57.7 Å². The second-order valence-corrected chi connectivity index (χ2v) is 17.4. The molecule has 4 atom stereocenters. The van der Waals surface area contributed by atoms with E-state index in [1.807, 2.05) is 57.1 Å². The lowest BCUT2D eigenvalue weighted by Gasteiger charge is -2.44. The van der Waals surface area contributed by atoms with Crippen LogP contribution in [0.1, 0.15) is 83.8 Å². The molecule has 1 spiro atoms. The molecule has 1 saturated carbocycles. The third kappa shape index (κ3) is 8.67. The van der Waals surface area contributed by atoms with Crippen molar-refractivity contribution in [1.82, 2.24) is 20.4 Å². The molecule has 2 N–H and O–H groups in total. The molecule has 12 nitrogen and oxygen atoms in total. The summed E-state index contributed by atoms with van der Waals surface area (Å²) in [6.45, 7) is 8.27. The molecular formula is C45H54F2N6O6. The van der Waals surface area contributed by atoms with Gasteiger partial charge in [0.2, 0.25) is 17.7 Å². The molecule has 0 aromatic heterocycles. The van der Waals surface area contributed by atoms with E-state index in [1.54, 1.807) is 4.90 Å². The van der Waals surface area contributed by atoms with Crippen LogP contribution in [-0.2, 0) is 19.1 Å². The van der Waals surface area contributed by atoms with E-state index in [9.17, 15) is 28.0 Å². The van der Waals surface area contributed by atoms with Crippen molar-refractivity contribution in [2.24, 2.45) is 27.2 Å². The molecule has 314 valence electrons. The lowest BCUT2D eigenvalue weighted by Crippen LogP contribution is -2.54. The third-order valence-electron chi connectivity index (χ3n) is 12.5. The fourth-order valence-corrected chi connectivity index (χ4v) is 9.43. The SMILES string of the molecule is COC(=O)N[C@H](C(=O)N1CCC[C@H]1C1=NC=C(c2ccc(-c3ccc(C4=CN=C([C@@H]5CC6(CN5C(=O)[C@@H](NC(=O)OC)C(C)C)CC(F)(F)C6)C4)cc3)cc2)C1)C(C)C. The summed E-state index contributed by atoms with van der Waals surface area (Å²) in [5.74, 6) is -3.52. The number of carbonyl (C=O) groups is 4. The predicted octanol–water partition coefficient (Wildman–Crippen LogP) is 7.49. The number of alkyl carbamates (subject to hydrolysis) is 2. The predicted molar refractivity (Wildman–Crippen MR) is 222 cm³/mol. The highest BCUT2D eigenvalue weighted by Crippen LogP contribution is 2.58.